The van der Waals surface area contributed by atoms with Crippen molar-refractivity contribution in [1.29, 1.82) is 0 Å². The first-order chi connectivity index (χ1) is 17.3. The molecule has 0 saturated heterocycles. The lowest BCUT2D eigenvalue weighted by atomic mass is 10.1. The molecule has 0 N–H and O–H groups in total. The Balaban J connectivity index is 1.87. The molecule has 4 aromatic carbocycles. The molecule has 0 atom stereocenters. The van der Waals surface area contributed by atoms with E-state index < -0.39 is 26.1 Å². The lowest BCUT2D eigenvalue weighted by Crippen LogP contribution is -2.15. The summed E-state index contributed by atoms with van der Waals surface area (Å²) in [6, 6.07) is 32.0. The summed E-state index contributed by atoms with van der Waals surface area (Å²) in [4.78, 5) is 14.1. The van der Waals surface area contributed by atoms with Crippen LogP contribution in [0.25, 0.3) is 11.0 Å². The van der Waals surface area contributed by atoms with Gasteiger partial charge in [0.05, 0.1) is 4.90 Å². The maximum absolute atomic E-state index is 13.8. The van der Waals surface area contributed by atoms with Crippen molar-refractivity contribution in [3.05, 3.63) is 131 Å². The van der Waals surface area contributed by atoms with E-state index in [0.29, 0.717) is 20.3 Å². The Kier molecular flexibility index (Phi) is 6.30. The van der Waals surface area contributed by atoms with Crippen LogP contribution in [0.1, 0.15) is 11.1 Å². The Bertz CT molecular complexity index is 1650. The van der Waals surface area contributed by atoms with Gasteiger partial charge >= 0.3 is 15.7 Å². The highest BCUT2D eigenvalue weighted by Crippen LogP contribution is 2.71. The Morgan fingerprint density at radius 1 is 0.667 bits per heavy atom. The van der Waals surface area contributed by atoms with Crippen molar-refractivity contribution >= 4 is 31.4 Å². The van der Waals surface area contributed by atoms with Crippen molar-refractivity contribution in [3.63, 3.8) is 0 Å². The summed E-state index contributed by atoms with van der Waals surface area (Å²) in [6.07, 6.45) is 0. The van der Waals surface area contributed by atoms with E-state index in [2.05, 4.69) is 0 Å². The molecular formula is C29H24O5S2. The number of aryl methyl sites for hydroxylation is 2. The van der Waals surface area contributed by atoms with E-state index in [1.54, 1.807) is 36.4 Å². The Morgan fingerprint density at radius 2 is 1.25 bits per heavy atom. The largest absolute Gasteiger partial charge is 0.423 e. The fourth-order valence-electron chi connectivity index (χ4n) is 4.13. The van der Waals surface area contributed by atoms with Crippen LogP contribution in [0, 0.1) is 13.8 Å². The van der Waals surface area contributed by atoms with Crippen LogP contribution in [-0.4, -0.2) is 8.42 Å². The molecule has 5 rings (SSSR count). The zero-order valence-corrected chi connectivity index (χ0v) is 21.4. The van der Waals surface area contributed by atoms with Crippen LogP contribution in [0.5, 0.6) is 0 Å². The molecular weight excluding hydrogens is 492 g/mol. The van der Waals surface area contributed by atoms with Gasteiger partial charge in [0.2, 0.25) is 0 Å². The first-order valence-corrected chi connectivity index (χ1v) is 14.3. The highest BCUT2D eigenvalue weighted by atomic mass is 32.3. The second-order valence-corrected chi connectivity index (χ2v) is 12.8. The number of rotatable bonds is 6. The van der Waals surface area contributed by atoms with Crippen molar-refractivity contribution < 1.29 is 16.5 Å². The van der Waals surface area contributed by atoms with Gasteiger partial charge in [0.25, 0.3) is 0 Å². The molecule has 0 aliphatic rings. The van der Waals surface area contributed by atoms with Crippen LogP contribution in [0.3, 0.4) is 0 Å². The fourth-order valence-corrected chi connectivity index (χ4v) is 9.55. The smallest absolute Gasteiger partial charge is 0.336 e. The molecule has 1 heterocycles. The van der Waals surface area contributed by atoms with E-state index in [4.69, 9.17) is 8.05 Å². The molecule has 0 aliphatic carbocycles. The zero-order chi connectivity index (χ0) is 25.3. The minimum Gasteiger partial charge on any atom is -0.423 e. The van der Waals surface area contributed by atoms with Gasteiger partial charge in [-0.2, -0.15) is 8.42 Å². The number of hydrogen-bond acceptors (Lipinski definition) is 5. The van der Waals surface area contributed by atoms with Crippen molar-refractivity contribution in [3.8, 4) is 0 Å². The van der Waals surface area contributed by atoms with Gasteiger partial charge in [0.15, 0.2) is 0 Å². The molecule has 0 radical (unpaired) electrons. The quantitative estimate of drug-likeness (QED) is 0.227. The third-order valence-electron chi connectivity index (χ3n) is 5.88. The molecule has 5 nitrogen and oxygen atoms in total. The number of benzene rings is 4. The molecule has 0 amide bonds. The maximum Gasteiger partial charge on any atom is 0.336 e. The average Bonchev–Trinajstić information content (AvgIpc) is 2.88. The SMILES string of the molecule is Cc1ccc(S(=O)(=O)OS(c2ccccc2)(c2ccccc2)c2cc3oc(=O)ccc3cc2C)cc1. The van der Waals surface area contributed by atoms with E-state index in [1.807, 2.05) is 80.6 Å². The van der Waals surface area contributed by atoms with E-state index in [9.17, 15) is 13.2 Å². The van der Waals surface area contributed by atoms with Gasteiger partial charge in [0.1, 0.15) is 5.58 Å². The molecule has 36 heavy (non-hydrogen) atoms. The predicted molar refractivity (Wildman–Crippen MR) is 142 cm³/mol. The summed E-state index contributed by atoms with van der Waals surface area (Å²) in [7, 11) is -7.05. The second-order valence-electron chi connectivity index (χ2n) is 8.43. The summed E-state index contributed by atoms with van der Waals surface area (Å²) in [6.45, 7) is 3.81. The Labute approximate surface area is 211 Å². The van der Waals surface area contributed by atoms with Crippen molar-refractivity contribution in [2.24, 2.45) is 0 Å². The third kappa shape index (κ3) is 4.37. The van der Waals surface area contributed by atoms with Crippen molar-refractivity contribution in [2.45, 2.75) is 33.4 Å². The van der Waals surface area contributed by atoms with Gasteiger partial charge in [0, 0.05) is 26.1 Å². The lowest BCUT2D eigenvalue weighted by Gasteiger charge is -2.40. The van der Waals surface area contributed by atoms with Crippen LogP contribution in [-0.2, 0) is 13.7 Å². The molecule has 1 aromatic heterocycles. The summed E-state index contributed by atoms with van der Waals surface area (Å²) >= 11 is 0. The van der Waals surface area contributed by atoms with E-state index in [0.717, 1.165) is 16.5 Å². The number of fused-ring (bicyclic) bond motifs is 1. The summed E-state index contributed by atoms with van der Waals surface area (Å²) in [5.74, 6) is 0. The Morgan fingerprint density at radius 3 is 1.83 bits per heavy atom. The average molecular weight is 517 g/mol. The monoisotopic (exact) mass is 516 g/mol. The summed E-state index contributed by atoms with van der Waals surface area (Å²) < 4.78 is 39.6. The van der Waals surface area contributed by atoms with Gasteiger partial charge in [-0.3, -0.25) is 0 Å². The molecule has 0 fully saturated rings. The third-order valence-corrected chi connectivity index (χ3v) is 11.2. The normalized spacial score (nSPS) is 12.5. The molecule has 0 aliphatic heterocycles. The minimum atomic E-state index is -4.21. The van der Waals surface area contributed by atoms with Crippen molar-refractivity contribution in [2.75, 3.05) is 0 Å². The molecule has 182 valence electrons. The van der Waals surface area contributed by atoms with E-state index in [1.165, 1.54) is 6.07 Å². The highest BCUT2D eigenvalue weighted by molar-refractivity contribution is 8.33. The molecule has 0 spiro atoms. The molecule has 7 heteroatoms. The second kappa shape index (κ2) is 9.43. The van der Waals surface area contributed by atoms with Crippen LogP contribution < -0.4 is 5.63 Å². The first-order valence-electron chi connectivity index (χ1n) is 11.3. The standard InChI is InChI=1S/C29H24O5S2/c1-21-13-16-26(17-14-21)36(31,32)34-35(24-9-5-3-6-10-24,25-11-7-4-8-12-25)28-20-27-23(19-22(28)2)15-18-29(30)33-27/h3-20H,1-2H3. The minimum absolute atomic E-state index is 0.0711. The summed E-state index contributed by atoms with van der Waals surface area (Å²) in [5, 5.41) is 0.742. The lowest BCUT2D eigenvalue weighted by molar-refractivity contribution is 0.508. The molecule has 0 bridgehead atoms. The molecule has 0 saturated carbocycles. The van der Waals surface area contributed by atoms with Gasteiger partial charge in [-0.25, -0.2) is 8.42 Å². The molecule has 0 unspecified atom stereocenters. The van der Waals surface area contributed by atoms with Crippen LogP contribution in [0.2, 0.25) is 0 Å². The predicted octanol–water partition coefficient (Wildman–Crippen LogP) is 7.01. The topological polar surface area (TPSA) is 73.6 Å². The van der Waals surface area contributed by atoms with E-state index in [-0.39, 0.29) is 4.90 Å². The summed E-state index contributed by atoms with van der Waals surface area (Å²) in [5.41, 5.74) is 1.64. The van der Waals surface area contributed by atoms with Gasteiger partial charge in [-0.1, -0.05) is 54.1 Å². The van der Waals surface area contributed by atoms with E-state index >= 15 is 0 Å². The molecule has 5 aromatic rings. The Hall–Kier alpha value is -3.65. The van der Waals surface area contributed by atoms with Crippen LogP contribution >= 0.6 is 10.3 Å². The highest BCUT2D eigenvalue weighted by Gasteiger charge is 2.39. The zero-order valence-electron chi connectivity index (χ0n) is 19.8. The van der Waals surface area contributed by atoms with Crippen LogP contribution in [0.4, 0.5) is 0 Å². The van der Waals surface area contributed by atoms with Gasteiger partial charge in [-0.15, -0.1) is 0 Å². The fraction of sp³-hybridized carbons (Fsp3) is 0.0690. The van der Waals surface area contributed by atoms with Crippen LogP contribution in [0.15, 0.2) is 138 Å². The van der Waals surface area contributed by atoms with Gasteiger partial charge < -0.3 is 4.42 Å². The number of hydrogen-bond donors (Lipinski definition) is 0. The maximum atomic E-state index is 13.8. The van der Waals surface area contributed by atoms with Gasteiger partial charge in [-0.05, 0) is 84.3 Å². The van der Waals surface area contributed by atoms with Crippen molar-refractivity contribution in [1.82, 2.24) is 0 Å². The first kappa shape index (κ1) is 24.1.